The van der Waals surface area contributed by atoms with Gasteiger partial charge in [0.2, 0.25) is 0 Å². The number of nitrogens with one attached hydrogen (secondary N) is 2. The topological polar surface area (TPSA) is 94.0 Å². The van der Waals surface area contributed by atoms with Crippen molar-refractivity contribution in [3.63, 3.8) is 0 Å². The number of carbonyl (C=O) groups excluding carboxylic acids is 1. The highest BCUT2D eigenvalue weighted by molar-refractivity contribution is 5.94. The molecule has 158 valence electrons. The van der Waals surface area contributed by atoms with E-state index in [-0.39, 0.29) is 5.91 Å². The highest BCUT2D eigenvalue weighted by Crippen LogP contribution is 2.20. The number of hydrogen-bond acceptors (Lipinski definition) is 6. The summed E-state index contributed by atoms with van der Waals surface area (Å²) < 4.78 is 6.82. The van der Waals surface area contributed by atoms with Gasteiger partial charge in [-0.2, -0.15) is 5.10 Å². The quantitative estimate of drug-likeness (QED) is 0.408. The molecule has 2 heterocycles. The molecule has 0 aliphatic rings. The van der Waals surface area contributed by atoms with Crippen molar-refractivity contribution >= 4 is 22.8 Å². The number of ether oxygens (including phenoxy) is 1. The highest BCUT2D eigenvalue weighted by atomic mass is 16.5. The average molecular weight is 416 g/mol. The van der Waals surface area contributed by atoms with Crippen molar-refractivity contribution in [2.75, 3.05) is 32.1 Å². The molecule has 0 fully saturated rings. The van der Waals surface area contributed by atoms with E-state index in [1.54, 1.807) is 18.0 Å². The van der Waals surface area contributed by atoms with E-state index in [1.807, 2.05) is 54.6 Å². The third kappa shape index (κ3) is 4.87. The van der Waals surface area contributed by atoms with E-state index in [2.05, 4.69) is 25.7 Å². The lowest BCUT2D eigenvalue weighted by Crippen LogP contribution is -2.27. The molecule has 2 aromatic carbocycles. The molecule has 0 saturated heterocycles. The van der Waals surface area contributed by atoms with Crippen LogP contribution in [0.4, 0.5) is 5.82 Å². The van der Waals surface area contributed by atoms with Gasteiger partial charge in [0, 0.05) is 25.8 Å². The third-order valence-corrected chi connectivity index (χ3v) is 4.90. The van der Waals surface area contributed by atoms with Crippen molar-refractivity contribution in [3.05, 3.63) is 72.7 Å². The zero-order valence-electron chi connectivity index (χ0n) is 17.3. The van der Waals surface area contributed by atoms with Gasteiger partial charge in [-0.15, -0.1) is 0 Å². The first-order valence-corrected chi connectivity index (χ1v) is 10.1. The van der Waals surface area contributed by atoms with Gasteiger partial charge in [0.05, 0.1) is 24.7 Å². The molecule has 4 aromatic rings. The van der Waals surface area contributed by atoms with Crippen molar-refractivity contribution in [2.24, 2.45) is 0 Å². The second-order valence-corrected chi connectivity index (χ2v) is 6.95. The smallest absolute Gasteiger partial charge is 0.251 e. The van der Waals surface area contributed by atoms with Gasteiger partial charge >= 0.3 is 0 Å². The van der Waals surface area contributed by atoms with Gasteiger partial charge in [-0.3, -0.25) is 4.79 Å². The summed E-state index contributed by atoms with van der Waals surface area (Å²) in [5, 5.41) is 11.4. The fourth-order valence-electron chi connectivity index (χ4n) is 3.29. The summed E-state index contributed by atoms with van der Waals surface area (Å²) >= 11 is 0. The minimum absolute atomic E-state index is 0.118. The number of carbonyl (C=O) groups is 1. The molecule has 0 saturated carbocycles. The first-order chi connectivity index (χ1) is 15.3. The van der Waals surface area contributed by atoms with Gasteiger partial charge in [-0.25, -0.2) is 14.6 Å². The number of benzene rings is 2. The summed E-state index contributed by atoms with van der Waals surface area (Å²) in [4.78, 5) is 21.1. The van der Waals surface area contributed by atoms with Crippen molar-refractivity contribution in [1.82, 2.24) is 25.1 Å². The van der Waals surface area contributed by atoms with Gasteiger partial charge < -0.3 is 15.4 Å². The van der Waals surface area contributed by atoms with E-state index in [0.717, 1.165) is 28.0 Å². The zero-order chi connectivity index (χ0) is 21.5. The van der Waals surface area contributed by atoms with Crippen LogP contribution in [-0.2, 0) is 11.3 Å². The maximum absolute atomic E-state index is 12.5. The van der Waals surface area contributed by atoms with Gasteiger partial charge in [0.25, 0.3) is 5.91 Å². The van der Waals surface area contributed by atoms with E-state index >= 15 is 0 Å². The average Bonchev–Trinajstić information content (AvgIpc) is 3.24. The van der Waals surface area contributed by atoms with Crippen LogP contribution >= 0.6 is 0 Å². The lowest BCUT2D eigenvalue weighted by Gasteiger charge is -2.08. The summed E-state index contributed by atoms with van der Waals surface area (Å²) in [7, 11) is 1.65. The normalized spacial score (nSPS) is 10.9. The van der Waals surface area contributed by atoms with Crippen LogP contribution in [0.3, 0.4) is 0 Å². The summed E-state index contributed by atoms with van der Waals surface area (Å²) in [5.41, 5.74) is 3.54. The second-order valence-electron chi connectivity index (χ2n) is 6.95. The molecule has 0 radical (unpaired) electrons. The zero-order valence-corrected chi connectivity index (χ0v) is 17.3. The molecule has 0 atom stereocenters. The molecular formula is C23H24N6O2. The van der Waals surface area contributed by atoms with Crippen LogP contribution in [0.2, 0.25) is 0 Å². The molecule has 1 amide bonds. The number of aromatic nitrogens is 4. The van der Waals surface area contributed by atoms with Crippen molar-refractivity contribution in [1.29, 1.82) is 0 Å². The van der Waals surface area contributed by atoms with Crippen molar-refractivity contribution < 1.29 is 9.53 Å². The number of anilines is 1. The van der Waals surface area contributed by atoms with Crippen LogP contribution in [-0.4, -0.2) is 52.5 Å². The Labute approximate surface area is 180 Å². The number of methoxy groups -OCH3 is 1. The van der Waals surface area contributed by atoms with Gasteiger partial charge in [-0.1, -0.05) is 42.5 Å². The van der Waals surface area contributed by atoms with Crippen LogP contribution in [0, 0.1) is 0 Å². The first-order valence-electron chi connectivity index (χ1n) is 10.1. The van der Waals surface area contributed by atoms with Crippen molar-refractivity contribution in [3.8, 4) is 11.1 Å². The molecule has 0 bridgehead atoms. The molecule has 2 aromatic heterocycles. The van der Waals surface area contributed by atoms with Crippen LogP contribution in [0.5, 0.6) is 0 Å². The Hall–Kier alpha value is -3.78. The maximum Gasteiger partial charge on any atom is 0.251 e. The molecule has 8 heteroatoms. The second kappa shape index (κ2) is 9.82. The Morgan fingerprint density at radius 1 is 1.00 bits per heavy atom. The predicted molar refractivity (Wildman–Crippen MR) is 120 cm³/mol. The fourth-order valence-corrected chi connectivity index (χ4v) is 3.29. The molecule has 4 rings (SSSR count). The van der Waals surface area contributed by atoms with Crippen LogP contribution in [0.1, 0.15) is 10.4 Å². The number of amides is 1. The monoisotopic (exact) mass is 416 g/mol. The molecule has 0 spiro atoms. The van der Waals surface area contributed by atoms with E-state index in [1.165, 1.54) is 6.33 Å². The molecule has 31 heavy (non-hydrogen) atoms. The summed E-state index contributed by atoms with van der Waals surface area (Å²) in [5.74, 6) is 0.600. The molecule has 8 nitrogen and oxygen atoms in total. The van der Waals surface area contributed by atoms with Gasteiger partial charge in [-0.05, 0) is 23.3 Å². The van der Waals surface area contributed by atoms with Crippen LogP contribution < -0.4 is 10.6 Å². The summed E-state index contributed by atoms with van der Waals surface area (Å²) in [6, 6.07) is 17.7. The highest BCUT2D eigenvalue weighted by Gasteiger charge is 2.10. The largest absolute Gasteiger partial charge is 0.383 e. The number of nitrogens with zero attached hydrogens (tertiary/aromatic N) is 4. The SMILES string of the molecule is COCCNc1ncnc2c1cnn2CCNC(=O)c1ccc(-c2ccccc2)cc1. The minimum Gasteiger partial charge on any atom is -0.383 e. The molecule has 0 aliphatic carbocycles. The van der Waals surface area contributed by atoms with E-state index in [0.29, 0.717) is 31.8 Å². The molecular weight excluding hydrogens is 392 g/mol. The standard InChI is InChI=1S/C23H24N6O2/c1-31-14-12-24-21-20-15-28-29(22(20)27-16-26-21)13-11-25-23(30)19-9-7-18(8-10-19)17-5-3-2-4-6-17/h2-10,15-16H,11-14H2,1H3,(H,25,30)(H,24,26,27). The van der Waals surface area contributed by atoms with Crippen molar-refractivity contribution in [2.45, 2.75) is 6.54 Å². The number of hydrogen-bond donors (Lipinski definition) is 2. The Kier molecular flexibility index (Phi) is 6.49. The van der Waals surface area contributed by atoms with E-state index in [4.69, 9.17) is 4.74 Å². The van der Waals surface area contributed by atoms with E-state index in [9.17, 15) is 4.79 Å². The maximum atomic E-state index is 12.5. The number of rotatable bonds is 9. The molecule has 0 aliphatic heterocycles. The minimum atomic E-state index is -0.118. The van der Waals surface area contributed by atoms with E-state index < -0.39 is 0 Å². The lowest BCUT2D eigenvalue weighted by atomic mass is 10.0. The third-order valence-electron chi connectivity index (χ3n) is 4.90. The Morgan fingerprint density at radius 3 is 2.55 bits per heavy atom. The van der Waals surface area contributed by atoms with Crippen LogP contribution in [0.25, 0.3) is 22.2 Å². The van der Waals surface area contributed by atoms with Gasteiger partial charge in [0.15, 0.2) is 5.65 Å². The lowest BCUT2D eigenvalue weighted by molar-refractivity contribution is 0.0952. The molecule has 0 unspecified atom stereocenters. The number of fused-ring (bicyclic) bond motifs is 1. The fraction of sp³-hybridized carbons (Fsp3) is 0.217. The Balaban J connectivity index is 1.35. The summed E-state index contributed by atoms with van der Waals surface area (Å²) in [6.07, 6.45) is 3.23. The molecule has 2 N–H and O–H groups in total. The van der Waals surface area contributed by atoms with Gasteiger partial charge in [0.1, 0.15) is 12.1 Å². The Bertz CT molecular complexity index is 1140. The first kappa shape index (κ1) is 20.5. The Morgan fingerprint density at radius 2 is 1.77 bits per heavy atom. The predicted octanol–water partition coefficient (Wildman–Crippen LogP) is 2.98. The van der Waals surface area contributed by atoms with Crippen LogP contribution in [0.15, 0.2) is 67.1 Å². The summed E-state index contributed by atoms with van der Waals surface area (Å²) in [6.45, 7) is 2.17.